The van der Waals surface area contributed by atoms with Crippen LogP contribution in [-0.2, 0) is 17.1 Å². The van der Waals surface area contributed by atoms with Gasteiger partial charge in [0.2, 0.25) is 0 Å². The van der Waals surface area contributed by atoms with Gasteiger partial charge in [-0.05, 0) is 18.2 Å². The number of carbonyl (C=O) groups excluding carboxylic acids is 1. The van der Waals surface area contributed by atoms with Gasteiger partial charge in [-0.2, -0.15) is 26.3 Å². The summed E-state index contributed by atoms with van der Waals surface area (Å²) in [6.07, 6.45) is -8.58. The van der Waals surface area contributed by atoms with Crippen molar-refractivity contribution in [3.63, 3.8) is 0 Å². The summed E-state index contributed by atoms with van der Waals surface area (Å²) in [5.41, 5.74) is -2.44. The first-order chi connectivity index (χ1) is 17.0. The van der Waals surface area contributed by atoms with Crippen LogP contribution in [0.5, 0.6) is 0 Å². The molecule has 0 saturated heterocycles. The molecule has 0 N–H and O–H groups in total. The van der Waals surface area contributed by atoms with Crippen LogP contribution in [0.4, 0.5) is 26.3 Å². The molecule has 4 aromatic rings. The maximum atomic E-state index is 13.7. The van der Waals surface area contributed by atoms with Gasteiger partial charge in [0.05, 0.1) is 22.4 Å². The molecule has 0 fully saturated rings. The maximum absolute atomic E-state index is 13.7. The molecule has 0 aliphatic carbocycles. The number of aromatic nitrogens is 1. The maximum Gasteiger partial charge on any atom is 0.417 e. The van der Waals surface area contributed by atoms with Gasteiger partial charge in [-0.1, -0.05) is 60.7 Å². The zero-order valence-corrected chi connectivity index (χ0v) is 18.9. The van der Waals surface area contributed by atoms with Gasteiger partial charge in [-0.15, -0.1) is 11.3 Å². The molecule has 0 amide bonds. The van der Waals surface area contributed by atoms with E-state index in [1.807, 2.05) is 0 Å². The minimum atomic E-state index is -4.87. The van der Waals surface area contributed by atoms with Crippen molar-refractivity contribution in [2.45, 2.75) is 12.4 Å². The van der Waals surface area contributed by atoms with E-state index in [-0.39, 0.29) is 5.01 Å². The van der Waals surface area contributed by atoms with Gasteiger partial charge >= 0.3 is 18.3 Å². The SMILES string of the molecule is O=C(O/C(=C\c1nc(-c2ccccc2)cs1)c1ccccc1C(F)(F)F)c1ccccc1C(F)(F)F. The Bertz CT molecular complexity index is 1410. The molecule has 184 valence electrons. The number of hydrogen-bond donors (Lipinski definition) is 0. The van der Waals surface area contributed by atoms with Crippen LogP contribution in [0.1, 0.15) is 32.1 Å². The number of thiazole rings is 1. The molecule has 1 aromatic heterocycles. The van der Waals surface area contributed by atoms with Crippen LogP contribution >= 0.6 is 11.3 Å². The third kappa shape index (κ3) is 5.65. The number of halogens is 6. The van der Waals surface area contributed by atoms with Gasteiger partial charge in [0.25, 0.3) is 0 Å². The molecule has 0 spiro atoms. The van der Waals surface area contributed by atoms with E-state index in [9.17, 15) is 31.1 Å². The van der Waals surface area contributed by atoms with Crippen LogP contribution in [0.25, 0.3) is 23.1 Å². The summed E-state index contributed by atoms with van der Waals surface area (Å²) in [7, 11) is 0. The van der Waals surface area contributed by atoms with Crippen LogP contribution in [0, 0.1) is 0 Å². The average Bonchev–Trinajstić information content (AvgIpc) is 3.32. The minimum absolute atomic E-state index is 0.192. The molecule has 36 heavy (non-hydrogen) atoms. The standard InChI is InChI=1S/C26H15F6NO2S/c27-25(28,29)19-12-6-4-10-17(19)22(14-23-33-21(15-36-23)16-8-2-1-3-9-16)35-24(34)18-11-5-7-13-20(18)26(30,31)32/h1-15H/b22-14-. The topological polar surface area (TPSA) is 39.2 Å². The third-order valence-electron chi connectivity index (χ3n) is 5.00. The Morgan fingerprint density at radius 1 is 0.750 bits per heavy atom. The number of carbonyl (C=O) groups is 1. The molecule has 10 heteroatoms. The van der Waals surface area contributed by atoms with Gasteiger partial charge in [-0.25, -0.2) is 9.78 Å². The lowest BCUT2D eigenvalue weighted by Crippen LogP contribution is -2.16. The van der Waals surface area contributed by atoms with E-state index in [2.05, 4.69) is 4.98 Å². The van der Waals surface area contributed by atoms with Crippen LogP contribution < -0.4 is 0 Å². The van der Waals surface area contributed by atoms with Crippen molar-refractivity contribution in [3.05, 3.63) is 112 Å². The Labute approximate surface area is 205 Å². The van der Waals surface area contributed by atoms with E-state index < -0.39 is 46.3 Å². The van der Waals surface area contributed by atoms with Gasteiger partial charge in [0.1, 0.15) is 10.8 Å². The van der Waals surface area contributed by atoms with Gasteiger partial charge < -0.3 is 4.74 Å². The molecule has 4 rings (SSSR count). The first kappa shape index (κ1) is 25.2. The zero-order valence-electron chi connectivity index (χ0n) is 18.1. The number of hydrogen-bond acceptors (Lipinski definition) is 4. The summed E-state index contributed by atoms with van der Waals surface area (Å²) >= 11 is 1.07. The van der Waals surface area contributed by atoms with Gasteiger partial charge in [0, 0.05) is 22.6 Å². The Kier molecular flexibility index (Phi) is 6.98. The van der Waals surface area contributed by atoms with E-state index in [0.717, 1.165) is 53.3 Å². The number of esters is 1. The van der Waals surface area contributed by atoms with Crippen LogP contribution in [0.3, 0.4) is 0 Å². The summed E-state index contributed by atoms with van der Waals surface area (Å²) in [5, 5.41) is 1.85. The van der Waals surface area contributed by atoms with E-state index in [1.54, 1.807) is 35.7 Å². The first-order valence-corrected chi connectivity index (χ1v) is 11.2. The largest absolute Gasteiger partial charge is 0.422 e. The van der Waals surface area contributed by atoms with Crippen LogP contribution in [-0.4, -0.2) is 11.0 Å². The molecular weight excluding hydrogens is 504 g/mol. The normalized spacial score (nSPS) is 12.4. The molecule has 0 atom stereocenters. The molecule has 0 aliphatic rings. The lowest BCUT2D eigenvalue weighted by Gasteiger charge is -2.17. The fraction of sp³-hybridized carbons (Fsp3) is 0.0769. The molecule has 0 bridgehead atoms. The Hall–Kier alpha value is -3.92. The van der Waals surface area contributed by atoms with E-state index in [1.165, 1.54) is 12.1 Å². The second-order valence-corrected chi connectivity index (χ2v) is 8.31. The summed E-state index contributed by atoms with van der Waals surface area (Å²) in [4.78, 5) is 17.2. The summed E-state index contributed by atoms with van der Waals surface area (Å²) in [5.74, 6) is -2.04. The Balaban J connectivity index is 1.80. The van der Waals surface area contributed by atoms with Crippen LogP contribution in [0.15, 0.2) is 84.2 Å². The second-order valence-electron chi connectivity index (χ2n) is 7.42. The van der Waals surface area contributed by atoms with E-state index in [0.29, 0.717) is 11.8 Å². The highest BCUT2D eigenvalue weighted by molar-refractivity contribution is 7.10. The highest BCUT2D eigenvalue weighted by Gasteiger charge is 2.37. The first-order valence-electron chi connectivity index (χ1n) is 10.3. The second kappa shape index (κ2) is 9.98. The van der Waals surface area contributed by atoms with Crippen LogP contribution in [0.2, 0.25) is 0 Å². The Morgan fingerprint density at radius 2 is 1.28 bits per heavy atom. The highest BCUT2D eigenvalue weighted by atomic mass is 32.1. The van der Waals surface area contributed by atoms with E-state index in [4.69, 9.17) is 4.74 Å². The fourth-order valence-electron chi connectivity index (χ4n) is 3.38. The number of nitrogens with zero attached hydrogens (tertiary/aromatic N) is 1. The molecule has 3 aromatic carbocycles. The predicted molar refractivity (Wildman–Crippen MR) is 124 cm³/mol. The third-order valence-corrected chi connectivity index (χ3v) is 5.79. The quantitative estimate of drug-likeness (QED) is 0.152. The van der Waals surface area contributed by atoms with Crippen molar-refractivity contribution in [2.24, 2.45) is 0 Å². The van der Waals surface area contributed by atoms with Crippen molar-refractivity contribution in [3.8, 4) is 11.3 Å². The van der Waals surface area contributed by atoms with Crippen molar-refractivity contribution in [2.75, 3.05) is 0 Å². The molecule has 0 aliphatic heterocycles. The van der Waals surface area contributed by atoms with Crippen molar-refractivity contribution < 1.29 is 35.9 Å². The van der Waals surface area contributed by atoms with E-state index >= 15 is 0 Å². The molecule has 3 nitrogen and oxygen atoms in total. The fourth-order valence-corrected chi connectivity index (χ4v) is 4.13. The molecule has 0 unspecified atom stereocenters. The summed E-state index contributed by atoms with van der Waals surface area (Å²) in [6.45, 7) is 0. The molecule has 0 radical (unpaired) electrons. The van der Waals surface area contributed by atoms with Gasteiger partial charge in [0.15, 0.2) is 0 Å². The molecular formula is C26H15F6NO2S. The van der Waals surface area contributed by atoms with Gasteiger partial charge in [-0.3, -0.25) is 0 Å². The highest BCUT2D eigenvalue weighted by Crippen LogP contribution is 2.38. The lowest BCUT2D eigenvalue weighted by molar-refractivity contribution is -0.138. The molecule has 0 saturated carbocycles. The summed E-state index contributed by atoms with van der Waals surface area (Å²) in [6, 6.07) is 17.2. The monoisotopic (exact) mass is 519 g/mol. The number of rotatable bonds is 5. The minimum Gasteiger partial charge on any atom is -0.422 e. The van der Waals surface area contributed by atoms with Crippen molar-refractivity contribution in [1.82, 2.24) is 4.98 Å². The molecule has 1 heterocycles. The average molecular weight is 519 g/mol. The Morgan fingerprint density at radius 3 is 1.89 bits per heavy atom. The van der Waals surface area contributed by atoms with Crippen molar-refractivity contribution >= 4 is 29.1 Å². The smallest absolute Gasteiger partial charge is 0.417 e. The zero-order chi connectivity index (χ0) is 25.9. The number of alkyl halides is 6. The lowest BCUT2D eigenvalue weighted by atomic mass is 10.0. The number of benzene rings is 3. The number of ether oxygens (including phenoxy) is 1. The summed E-state index contributed by atoms with van der Waals surface area (Å²) < 4.78 is 86.6. The predicted octanol–water partition coefficient (Wildman–Crippen LogP) is 8.20. The van der Waals surface area contributed by atoms with Crippen molar-refractivity contribution in [1.29, 1.82) is 0 Å².